The first-order valence-corrected chi connectivity index (χ1v) is 6.13. The fourth-order valence-electron chi connectivity index (χ4n) is 1.30. The van der Waals surface area contributed by atoms with Crippen LogP contribution in [-0.2, 0) is 4.74 Å². The van der Waals surface area contributed by atoms with Gasteiger partial charge in [0.25, 0.3) is 0 Å². The topological polar surface area (TPSA) is 44.5 Å². The zero-order chi connectivity index (χ0) is 12.8. The van der Waals surface area contributed by atoms with Gasteiger partial charge in [0.05, 0.1) is 23.3 Å². The van der Waals surface area contributed by atoms with Crippen molar-refractivity contribution in [2.75, 3.05) is 13.2 Å². The van der Waals surface area contributed by atoms with E-state index in [0.717, 1.165) is 0 Å². The van der Waals surface area contributed by atoms with E-state index in [1.807, 2.05) is 13.8 Å². The van der Waals surface area contributed by atoms with Gasteiger partial charge in [-0.05, 0) is 26.0 Å². The van der Waals surface area contributed by atoms with Crippen LogP contribution in [-0.4, -0.2) is 24.3 Å². The SMILES string of the molecule is CC(C)OCCOc1cccc(Cl)c1C(N)=S. The maximum absolute atomic E-state index is 6.01. The van der Waals surface area contributed by atoms with Gasteiger partial charge in [-0.1, -0.05) is 29.9 Å². The molecule has 0 aromatic heterocycles. The highest BCUT2D eigenvalue weighted by molar-refractivity contribution is 7.80. The maximum atomic E-state index is 6.01. The predicted octanol–water partition coefficient (Wildman–Crippen LogP) is 2.78. The van der Waals surface area contributed by atoms with Crippen molar-refractivity contribution < 1.29 is 9.47 Å². The van der Waals surface area contributed by atoms with Crippen LogP contribution in [0.3, 0.4) is 0 Å². The van der Waals surface area contributed by atoms with Crippen LogP contribution >= 0.6 is 23.8 Å². The number of hydrogen-bond acceptors (Lipinski definition) is 3. The average Bonchev–Trinajstić information content (AvgIpc) is 2.23. The van der Waals surface area contributed by atoms with E-state index in [0.29, 0.717) is 29.5 Å². The summed E-state index contributed by atoms with van der Waals surface area (Å²) in [7, 11) is 0. The fourth-order valence-corrected chi connectivity index (χ4v) is 1.83. The summed E-state index contributed by atoms with van der Waals surface area (Å²) >= 11 is 10.9. The molecule has 1 rings (SSSR count). The van der Waals surface area contributed by atoms with Crippen molar-refractivity contribution in [1.82, 2.24) is 0 Å². The largest absolute Gasteiger partial charge is 0.490 e. The minimum Gasteiger partial charge on any atom is -0.490 e. The number of ether oxygens (including phenoxy) is 2. The first-order chi connectivity index (χ1) is 8.02. The molecule has 5 heteroatoms. The van der Waals surface area contributed by atoms with E-state index in [2.05, 4.69) is 0 Å². The molecule has 0 heterocycles. The van der Waals surface area contributed by atoms with Crippen LogP contribution in [0.4, 0.5) is 0 Å². The van der Waals surface area contributed by atoms with Gasteiger partial charge in [0, 0.05) is 0 Å². The number of nitrogens with two attached hydrogens (primary N) is 1. The Morgan fingerprint density at radius 1 is 1.41 bits per heavy atom. The Kier molecular flexibility index (Phi) is 5.68. The second-order valence-corrected chi connectivity index (χ2v) is 4.59. The summed E-state index contributed by atoms with van der Waals surface area (Å²) in [4.78, 5) is 0.232. The Morgan fingerprint density at radius 3 is 2.71 bits per heavy atom. The van der Waals surface area contributed by atoms with Crippen molar-refractivity contribution >= 4 is 28.8 Å². The number of halogens is 1. The van der Waals surface area contributed by atoms with Crippen LogP contribution in [0.15, 0.2) is 18.2 Å². The number of benzene rings is 1. The third-order valence-electron chi connectivity index (χ3n) is 2.01. The molecule has 0 saturated carbocycles. The molecule has 0 atom stereocenters. The Bertz CT molecular complexity index is 396. The second kappa shape index (κ2) is 6.79. The van der Waals surface area contributed by atoms with Crippen molar-refractivity contribution in [1.29, 1.82) is 0 Å². The minimum absolute atomic E-state index is 0.188. The summed E-state index contributed by atoms with van der Waals surface area (Å²) in [6.07, 6.45) is 0.188. The predicted molar refractivity (Wildman–Crippen MR) is 73.9 cm³/mol. The third-order valence-corrected chi connectivity index (χ3v) is 2.53. The molecule has 94 valence electrons. The normalized spacial score (nSPS) is 10.6. The van der Waals surface area contributed by atoms with Crippen molar-refractivity contribution in [2.24, 2.45) is 5.73 Å². The van der Waals surface area contributed by atoms with Crippen molar-refractivity contribution in [3.63, 3.8) is 0 Å². The van der Waals surface area contributed by atoms with Crippen LogP contribution in [0.25, 0.3) is 0 Å². The molecule has 2 N–H and O–H groups in total. The van der Waals surface area contributed by atoms with E-state index in [-0.39, 0.29) is 11.1 Å². The lowest BCUT2D eigenvalue weighted by molar-refractivity contribution is 0.0552. The first-order valence-electron chi connectivity index (χ1n) is 5.35. The molecule has 0 radical (unpaired) electrons. The van der Waals surface area contributed by atoms with E-state index >= 15 is 0 Å². The highest BCUT2D eigenvalue weighted by Crippen LogP contribution is 2.26. The molecule has 0 fully saturated rings. The summed E-state index contributed by atoms with van der Waals surface area (Å²) in [6, 6.07) is 5.31. The van der Waals surface area contributed by atoms with E-state index in [9.17, 15) is 0 Å². The summed E-state index contributed by atoms with van der Waals surface area (Å²) in [5.41, 5.74) is 6.18. The second-order valence-electron chi connectivity index (χ2n) is 3.75. The summed E-state index contributed by atoms with van der Waals surface area (Å²) < 4.78 is 10.9. The quantitative estimate of drug-likeness (QED) is 0.639. The highest BCUT2D eigenvalue weighted by atomic mass is 35.5. The number of hydrogen-bond donors (Lipinski definition) is 1. The van der Waals surface area contributed by atoms with E-state index < -0.39 is 0 Å². The van der Waals surface area contributed by atoms with Gasteiger partial charge in [0.1, 0.15) is 17.3 Å². The average molecular weight is 274 g/mol. The van der Waals surface area contributed by atoms with Crippen LogP contribution in [0.5, 0.6) is 5.75 Å². The van der Waals surface area contributed by atoms with Crippen molar-refractivity contribution in [2.45, 2.75) is 20.0 Å². The van der Waals surface area contributed by atoms with Gasteiger partial charge in [0.15, 0.2) is 0 Å². The Balaban J connectivity index is 2.64. The van der Waals surface area contributed by atoms with Gasteiger partial charge >= 0.3 is 0 Å². The molecule has 1 aromatic carbocycles. The van der Waals surface area contributed by atoms with Gasteiger partial charge in [-0.3, -0.25) is 0 Å². The maximum Gasteiger partial charge on any atom is 0.131 e. The fraction of sp³-hybridized carbons (Fsp3) is 0.417. The molecule has 0 unspecified atom stereocenters. The molecule has 0 aliphatic carbocycles. The Morgan fingerprint density at radius 2 is 2.12 bits per heavy atom. The van der Waals surface area contributed by atoms with Gasteiger partial charge in [0.2, 0.25) is 0 Å². The Labute approximate surface area is 112 Å². The summed E-state index contributed by atoms with van der Waals surface area (Å²) in [5.74, 6) is 0.595. The molecular weight excluding hydrogens is 258 g/mol. The molecule has 0 aliphatic heterocycles. The molecule has 0 spiro atoms. The molecule has 3 nitrogen and oxygen atoms in total. The first kappa shape index (κ1) is 14.2. The molecule has 0 aliphatic rings. The van der Waals surface area contributed by atoms with Crippen LogP contribution in [0, 0.1) is 0 Å². The summed E-state index contributed by atoms with van der Waals surface area (Å²) in [5, 5.41) is 0.500. The van der Waals surface area contributed by atoms with Gasteiger partial charge < -0.3 is 15.2 Å². The molecular formula is C12H16ClNO2S. The lowest BCUT2D eigenvalue weighted by Crippen LogP contribution is -2.15. The van der Waals surface area contributed by atoms with E-state index in [4.69, 9.17) is 39.0 Å². The molecule has 1 aromatic rings. The van der Waals surface area contributed by atoms with Gasteiger partial charge in [-0.15, -0.1) is 0 Å². The van der Waals surface area contributed by atoms with Crippen molar-refractivity contribution in [3.8, 4) is 5.75 Å². The summed E-state index contributed by atoms with van der Waals surface area (Å²) in [6.45, 7) is 4.90. The molecule has 0 amide bonds. The van der Waals surface area contributed by atoms with Gasteiger partial charge in [-0.2, -0.15) is 0 Å². The van der Waals surface area contributed by atoms with Crippen LogP contribution < -0.4 is 10.5 Å². The van der Waals surface area contributed by atoms with E-state index in [1.54, 1.807) is 18.2 Å². The smallest absolute Gasteiger partial charge is 0.131 e. The van der Waals surface area contributed by atoms with E-state index in [1.165, 1.54) is 0 Å². The Hall–Kier alpha value is -0.840. The molecule has 17 heavy (non-hydrogen) atoms. The zero-order valence-corrected chi connectivity index (χ0v) is 11.5. The lowest BCUT2D eigenvalue weighted by Gasteiger charge is -2.13. The number of rotatable bonds is 6. The van der Waals surface area contributed by atoms with Crippen LogP contribution in [0.2, 0.25) is 5.02 Å². The molecule has 0 saturated heterocycles. The lowest BCUT2D eigenvalue weighted by atomic mass is 10.2. The minimum atomic E-state index is 0.188. The standard InChI is InChI=1S/C12H16ClNO2S/c1-8(2)15-6-7-16-10-5-3-4-9(13)11(10)12(14)17/h3-5,8H,6-7H2,1-2H3,(H2,14,17). The molecule has 0 bridgehead atoms. The monoisotopic (exact) mass is 273 g/mol. The highest BCUT2D eigenvalue weighted by Gasteiger charge is 2.10. The van der Waals surface area contributed by atoms with Crippen molar-refractivity contribution in [3.05, 3.63) is 28.8 Å². The third kappa shape index (κ3) is 4.50. The number of thiocarbonyl (C=S) groups is 1. The van der Waals surface area contributed by atoms with Gasteiger partial charge in [-0.25, -0.2) is 0 Å². The van der Waals surface area contributed by atoms with Crippen LogP contribution in [0.1, 0.15) is 19.4 Å². The zero-order valence-electron chi connectivity index (χ0n) is 9.90.